The van der Waals surface area contributed by atoms with Crippen LogP contribution in [0.2, 0.25) is 0 Å². The summed E-state index contributed by atoms with van der Waals surface area (Å²) in [6, 6.07) is 0. The normalized spacial score (nSPS) is 12.0. The molecule has 0 saturated heterocycles. The minimum Gasteiger partial charge on any atom is -0.396 e. The van der Waals surface area contributed by atoms with Crippen molar-refractivity contribution in [3.8, 4) is 0 Å². The van der Waals surface area contributed by atoms with E-state index < -0.39 is 0 Å². The van der Waals surface area contributed by atoms with Gasteiger partial charge in [0.2, 0.25) is 0 Å². The van der Waals surface area contributed by atoms with Crippen molar-refractivity contribution in [1.82, 2.24) is 15.6 Å². The number of thiazole rings is 1. The number of guanidine groups is 1. The Balaban J connectivity index is 0.00000441. The first-order chi connectivity index (χ1) is 9.88. The number of aryl methyl sites for hydroxylation is 2. The fraction of sp³-hybridized carbons (Fsp3) is 0.733. The summed E-state index contributed by atoms with van der Waals surface area (Å²) in [7, 11) is 0. The van der Waals surface area contributed by atoms with Crippen LogP contribution in [0.1, 0.15) is 36.3 Å². The summed E-state index contributed by atoms with van der Waals surface area (Å²) < 4.78 is 0. The van der Waals surface area contributed by atoms with E-state index in [1.165, 1.54) is 4.88 Å². The van der Waals surface area contributed by atoms with Crippen LogP contribution in [0, 0.1) is 19.3 Å². The maximum atomic E-state index is 9.27. The topological polar surface area (TPSA) is 69.5 Å². The summed E-state index contributed by atoms with van der Waals surface area (Å²) in [5, 5.41) is 17.0. The van der Waals surface area contributed by atoms with Gasteiger partial charge in [0, 0.05) is 36.4 Å². The molecule has 0 aliphatic rings. The van der Waals surface area contributed by atoms with Crippen LogP contribution in [0.15, 0.2) is 4.99 Å². The Labute approximate surface area is 155 Å². The molecule has 0 aliphatic heterocycles. The molecular weight excluding hydrogens is 411 g/mol. The number of nitrogens with zero attached hydrogens (tertiary/aromatic N) is 2. The number of rotatable bonds is 7. The zero-order valence-corrected chi connectivity index (χ0v) is 17.3. The number of aliphatic imine (C=N–C) groups is 1. The molecule has 128 valence electrons. The number of hydrogen-bond donors (Lipinski definition) is 3. The summed E-state index contributed by atoms with van der Waals surface area (Å²) in [4.78, 5) is 10.4. The van der Waals surface area contributed by atoms with Crippen molar-refractivity contribution < 1.29 is 5.11 Å². The Hall–Kier alpha value is -0.410. The number of halogens is 1. The molecule has 0 spiro atoms. The van der Waals surface area contributed by atoms with Crippen molar-refractivity contribution in [1.29, 1.82) is 0 Å². The summed E-state index contributed by atoms with van der Waals surface area (Å²) in [5.74, 6) is 0.795. The van der Waals surface area contributed by atoms with Crippen molar-refractivity contribution in [2.24, 2.45) is 10.4 Å². The highest BCUT2D eigenvalue weighted by Crippen LogP contribution is 2.16. The molecule has 7 heteroatoms. The summed E-state index contributed by atoms with van der Waals surface area (Å²) in [6.45, 7) is 12.5. The molecule has 0 aliphatic carbocycles. The first kappa shape index (κ1) is 21.6. The van der Waals surface area contributed by atoms with Gasteiger partial charge in [-0.15, -0.1) is 35.3 Å². The lowest BCUT2D eigenvalue weighted by Crippen LogP contribution is -2.39. The van der Waals surface area contributed by atoms with Crippen LogP contribution in [-0.2, 0) is 6.42 Å². The summed E-state index contributed by atoms with van der Waals surface area (Å²) in [5.41, 5.74) is 0.937. The van der Waals surface area contributed by atoms with E-state index in [2.05, 4.69) is 27.5 Å². The number of nitrogens with one attached hydrogen (secondary N) is 2. The highest BCUT2D eigenvalue weighted by Gasteiger charge is 2.15. The first-order valence-corrected chi connectivity index (χ1v) is 8.25. The van der Waals surface area contributed by atoms with E-state index in [4.69, 9.17) is 0 Å². The van der Waals surface area contributed by atoms with Crippen LogP contribution >= 0.6 is 35.3 Å². The van der Waals surface area contributed by atoms with Gasteiger partial charge in [-0.05, 0) is 20.8 Å². The Morgan fingerprint density at radius 3 is 2.50 bits per heavy atom. The minimum atomic E-state index is -0.189. The third-order valence-electron chi connectivity index (χ3n) is 3.14. The fourth-order valence-electron chi connectivity index (χ4n) is 1.62. The van der Waals surface area contributed by atoms with Gasteiger partial charge in [0.25, 0.3) is 0 Å². The monoisotopic (exact) mass is 440 g/mol. The Kier molecular flexibility index (Phi) is 10.2. The molecule has 0 saturated carbocycles. The Bertz CT molecular complexity index is 455. The maximum absolute atomic E-state index is 9.27. The lowest BCUT2D eigenvalue weighted by molar-refractivity contribution is 0.167. The largest absolute Gasteiger partial charge is 0.396 e. The van der Waals surface area contributed by atoms with E-state index in [0.717, 1.165) is 36.2 Å². The smallest absolute Gasteiger partial charge is 0.191 e. The lowest BCUT2D eigenvalue weighted by Gasteiger charge is -2.20. The van der Waals surface area contributed by atoms with Gasteiger partial charge in [-0.1, -0.05) is 13.8 Å². The highest BCUT2D eigenvalue weighted by molar-refractivity contribution is 14.0. The second-order valence-corrected chi connectivity index (χ2v) is 7.23. The van der Waals surface area contributed by atoms with Gasteiger partial charge >= 0.3 is 0 Å². The summed E-state index contributed by atoms with van der Waals surface area (Å²) in [6.07, 6.45) is 0.896. The molecule has 1 rings (SSSR count). The molecule has 1 aromatic heterocycles. The fourth-order valence-corrected chi connectivity index (χ4v) is 2.55. The molecular formula is C15H29IN4OS. The van der Waals surface area contributed by atoms with Crippen molar-refractivity contribution in [3.63, 3.8) is 0 Å². The molecule has 0 unspecified atom stereocenters. The zero-order valence-electron chi connectivity index (χ0n) is 14.2. The number of aliphatic hydroxyl groups is 1. The van der Waals surface area contributed by atoms with Gasteiger partial charge in [0.05, 0.1) is 17.2 Å². The SMILES string of the molecule is CCNC(=NCC(C)(C)CO)NCCc1nc(C)c(C)s1.I. The molecule has 0 atom stereocenters. The average Bonchev–Trinajstić information content (AvgIpc) is 2.75. The predicted molar refractivity (Wildman–Crippen MR) is 106 cm³/mol. The molecule has 3 N–H and O–H groups in total. The molecule has 5 nitrogen and oxygen atoms in total. The molecule has 22 heavy (non-hydrogen) atoms. The first-order valence-electron chi connectivity index (χ1n) is 7.44. The number of aromatic nitrogens is 1. The minimum absolute atomic E-state index is 0. The van der Waals surface area contributed by atoms with Gasteiger partial charge < -0.3 is 15.7 Å². The third kappa shape index (κ3) is 7.73. The number of aliphatic hydroxyl groups excluding tert-OH is 1. The van der Waals surface area contributed by atoms with Crippen LogP contribution in [-0.4, -0.2) is 42.3 Å². The van der Waals surface area contributed by atoms with E-state index in [9.17, 15) is 5.11 Å². The van der Waals surface area contributed by atoms with Crippen molar-refractivity contribution in [2.75, 3.05) is 26.2 Å². The van der Waals surface area contributed by atoms with E-state index >= 15 is 0 Å². The maximum Gasteiger partial charge on any atom is 0.191 e. The van der Waals surface area contributed by atoms with Crippen LogP contribution in [0.5, 0.6) is 0 Å². The van der Waals surface area contributed by atoms with Crippen molar-refractivity contribution in [3.05, 3.63) is 15.6 Å². The van der Waals surface area contributed by atoms with Crippen molar-refractivity contribution in [2.45, 2.75) is 41.0 Å². The Morgan fingerprint density at radius 2 is 2.00 bits per heavy atom. The second-order valence-electron chi connectivity index (χ2n) is 5.94. The van der Waals surface area contributed by atoms with Crippen molar-refractivity contribution >= 4 is 41.3 Å². The molecule has 1 aromatic rings. The highest BCUT2D eigenvalue weighted by atomic mass is 127. The molecule has 1 heterocycles. The molecule has 0 amide bonds. The van der Waals surface area contributed by atoms with Crippen LogP contribution in [0.3, 0.4) is 0 Å². The average molecular weight is 440 g/mol. The van der Waals surface area contributed by atoms with E-state index in [0.29, 0.717) is 6.54 Å². The van der Waals surface area contributed by atoms with E-state index in [1.54, 1.807) is 11.3 Å². The van der Waals surface area contributed by atoms with Crippen LogP contribution in [0.4, 0.5) is 0 Å². The van der Waals surface area contributed by atoms with Gasteiger partial charge in [-0.2, -0.15) is 0 Å². The van der Waals surface area contributed by atoms with Gasteiger partial charge in [0.15, 0.2) is 5.96 Å². The van der Waals surface area contributed by atoms with Crippen LogP contribution in [0.25, 0.3) is 0 Å². The van der Waals surface area contributed by atoms with Gasteiger partial charge in [0.1, 0.15) is 0 Å². The lowest BCUT2D eigenvalue weighted by atomic mass is 9.95. The van der Waals surface area contributed by atoms with Gasteiger partial charge in [-0.25, -0.2) is 4.98 Å². The molecule has 0 fully saturated rings. The standard InChI is InChI=1S/C15H28N4OS.HI/c1-6-16-14(18-9-15(4,5)10-20)17-8-7-13-19-11(2)12(3)21-13;/h20H,6-10H2,1-5H3,(H2,16,17,18);1H. The van der Waals surface area contributed by atoms with E-state index in [1.807, 2.05) is 27.7 Å². The quantitative estimate of drug-likeness (QED) is 0.346. The van der Waals surface area contributed by atoms with E-state index in [-0.39, 0.29) is 36.0 Å². The predicted octanol–water partition coefficient (Wildman–Crippen LogP) is 2.49. The molecule has 0 aromatic carbocycles. The molecule has 0 bridgehead atoms. The second kappa shape index (κ2) is 10.4. The molecule has 0 radical (unpaired) electrons. The van der Waals surface area contributed by atoms with Gasteiger partial charge in [-0.3, -0.25) is 4.99 Å². The number of hydrogen-bond acceptors (Lipinski definition) is 4. The Morgan fingerprint density at radius 1 is 1.32 bits per heavy atom. The van der Waals surface area contributed by atoms with Crippen LogP contribution < -0.4 is 10.6 Å². The summed E-state index contributed by atoms with van der Waals surface area (Å²) >= 11 is 1.76. The zero-order chi connectivity index (χ0) is 15.9. The third-order valence-corrected chi connectivity index (χ3v) is 4.27.